The average molecular weight is 425 g/mol. The van der Waals surface area contributed by atoms with Gasteiger partial charge in [-0.05, 0) is 49.6 Å². The minimum Gasteiger partial charge on any atom is -0.463 e. The number of fused-ring (bicyclic) bond motifs is 1. The molecule has 0 radical (unpaired) electrons. The topological polar surface area (TPSA) is 71.3 Å². The minimum atomic E-state index is -0.00108. The maximum Gasteiger partial charge on any atom is 0.229 e. The SMILES string of the molecule is Cc1ccc2nc(N3CCC(C(=O)Nc4nc(-c5ccco5)cs4)CC3)sc2c1. The molecule has 5 rings (SSSR count). The first kappa shape index (κ1) is 18.3. The third kappa shape index (κ3) is 3.77. The lowest BCUT2D eigenvalue weighted by Gasteiger charge is -2.30. The molecule has 0 atom stereocenters. The second-order valence-electron chi connectivity index (χ2n) is 7.23. The number of carbonyl (C=O) groups excluding carboxylic acids is 1. The zero-order chi connectivity index (χ0) is 19.8. The van der Waals surface area contributed by atoms with Crippen molar-refractivity contribution >= 4 is 49.1 Å². The summed E-state index contributed by atoms with van der Waals surface area (Å²) in [6, 6.07) is 10.0. The van der Waals surface area contributed by atoms with Crippen LogP contribution in [0.25, 0.3) is 21.7 Å². The van der Waals surface area contributed by atoms with E-state index in [2.05, 4.69) is 40.3 Å². The Hall–Kier alpha value is -2.71. The van der Waals surface area contributed by atoms with E-state index in [0.29, 0.717) is 10.9 Å². The zero-order valence-electron chi connectivity index (χ0n) is 15.9. The van der Waals surface area contributed by atoms with Crippen LogP contribution in [0.5, 0.6) is 0 Å². The summed E-state index contributed by atoms with van der Waals surface area (Å²) >= 11 is 3.15. The Labute approximate surface area is 176 Å². The summed E-state index contributed by atoms with van der Waals surface area (Å²) in [5, 5.41) is 6.53. The van der Waals surface area contributed by atoms with E-state index in [4.69, 9.17) is 9.40 Å². The molecule has 29 heavy (non-hydrogen) atoms. The van der Waals surface area contributed by atoms with E-state index in [9.17, 15) is 4.79 Å². The van der Waals surface area contributed by atoms with Gasteiger partial charge in [0.1, 0.15) is 5.69 Å². The second kappa shape index (κ2) is 7.61. The molecule has 1 N–H and O–H groups in total. The van der Waals surface area contributed by atoms with Crippen LogP contribution in [0.2, 0.25) is 0 Å². The molecular formula is C21H20N4O2S2. The number of benzene rings is 1. The predicted octanol–water partition coefficient (Wildman–Crippen LogP) is 5.18. The van der Waals surface area contributed by atoms with Gasteiger partial charge in [0.15, 0.2) is 16.0 Å². The van der Waals surface area contributed by atoms with E-state index in [0.717, 1.165) is 42.3 Å². The summed E-state index contributed by atoms with van der Waals surface area (Å²) < 4.78 is 6.58. The molecule has 0 saturated carbocycles. The molecule has 4 heterocycles. The molecule has 6 nitrogen and oxygen atoms in total. The first-order chi connectivity index (χ1) is 14.2. The number of aromatic nitrogens is 2. The van der Waals surface area contributed by atoms with Gasteiger partial charge in [0, 0.05) is 24.4 Å². The van der Waals surface area contributed by atoms with Gasteiger partial charge < -0.3 is 14.6 Å². The van der Waals surface area contributed by atoms with Gasteiger partial charge in [-0.15, -0.1) is 11.3 Å². The van der Waals surface area contributed by atoms with Gasteiger partial charge in [-0.3, -0.25) is 4.79 Å². The monoisotopic (exact) mass is 424 g/mol. The van der Waals surface area contributed by atoms with Gasteiger partial charge in [-0.2, -0.15) is 0 Å². The molecule has 4 aromatic rings. The largest absolute Gasteiger partial charge is 0.463 e. The average Bonchev–Trinajstić information content (AvgIpc) is 3.48. The lowest BCUT2D eigenvalue weighted by molar-refractivity contribution is -0.120. The van der Waals surface area contributed by atoms with E-state index in [1.54, 1.807) is 17.6 Å². The third-order valence-electron chi connectivity index (χ3n) is 5.18. The smallest absolute Gasteiger partial charge is 0.229 e. The molecule has 1 amide bonds. The summed E-state index contributed by atoms with van der Waals surface area (Å²) in [6.07, 6.45) is 3.25. The summed E-state index contributed by atoms with van der Waals surface area (Å²) in [7, 11) is 0. The van der Waals surface area contributed by atoms with Crippen LogP contribution in [-0.4, -0.2) is 29.0 Å². The van der Waals surface area contributed by atoms with Gasteiger partial charge in [-0.1, -0.05) is 17.4 Å². The van der Waals surface area contributed by atoms with Crippen molar-refractivity contribution in [2.24, 2.45) is 5.92 Å². The minimum absolute atomic E-state index is 0.00108. The number of nitrogens with zero attached hydrogens (tertiary/aromatic N) is 3. The van der Waals surface area contributed by atoms with Crippen LogP contribution in [0.3, 0.4) is 0 Å². The van der Waals surface area contributed by atoms with Crippen LogP contribution < -0.4 is 10.2 Å². The lowest BCUT2D eigenvalue weighted by Crippen LogP contribution is -2.38. The number of amides is 1. The lowest BCUT2D eigenvalue weighted by atomic mass is 9.96. The molecule has 1 aliphatic rings. The Morgan fingerprint density at radius 2 is 2.10 bits per heavy atom. The highest BCUT2D eigenvalue weighted by molar-refractivity contribution is 7.22. The van der Waals surface area contributed by atoms with Crippen molar-refractivity contribution < 1.29 is 9.21 Å². The summed E-state index contributed by atoms with van der Waals surface area (Å²) in [4.78, 5) is 24.2. The molecule has 1 aliphatic heterocycles. The van der Waals surface area contributed by atoms with Crippen molar-refractivity contribution in [2.75, 3.05) is 23.3 Å². The molecule has 8 heteroatoms. The molecule has 1 fully saturated rings. The quantitative estimate of drug-likeness (QED) is 0.489. The van der Waals surface area contributed by atoms with E-state index < -0.39 is 0 Å². The summed E-state index contributed by atoms with van der Waals surface area (Å²) in [5.74, 6) is 0.754. The molecule has 148 valence electrons. The Bertz CT molecular complexity index is 1140. The van der Waals surface area contributed by atoms with Crippen molar-refractivity contribution in [3.8, 4) is 11.5 Å². The number of anilines is 2. The number of nitrogens with one attached hydrogen (secondary N) is 1. The van der Waals surface area contributed by atoms with Crippen molar-refractivity contribution in [3.63, 3.8) is 0 Å². The number of hydrogen-bond acceptors (Lipinski definition) is 7. The molecule has 0 spiro atoms. The second-order valence-corrected chi connectivity index (χ2v) is 9.10. The van der Waals surface area contributed by atoms with Gasteiger partial charge >= 0.3 is 0 Å². The van der Waals surface area contributed by atoms with E-state index in [-0.39, 0.29) is 11.8 Å². The fourth-order valence-electron chi connectivity index (χ4n) is 3.56. The van der Waals surface area contributed by atoms with Crippen molar-refractivity contribution in [3.05, 3.63) is 47.5 Å². The van der Waals surface area contributed by atoms with E-state index in [1.165, 1.54) is 21.6 Å². The van der Waals surface area contributed by atoms with Crippen molar-refractivity contribution in [1.82, 2.24) is 9.97 Å². The number of thiazole rings is 2. The Kier molecular flexibility index (Phi) is 4.81. The Balaban J connectivity index is 1.20. The number of hydrogen-bond donors (Lipinski definition) is 1. The maximum absolute atomic E-state index is 12.7. The van der Waals surface area contributed by atoms with Gasteiger partial charge in [0.25, 0.3) is 0 Å². The fourth-order valence-corrected chi connectivity index (χ4v) is 5.38. The number of carbonyl (C=O) groups is 1. The highest BCUT2D eigenvalue weighted by Crippen LogP contribution is 2.32. The number of piperidine rings is 1. The van der Waals surface area contributed by atoms with Gasteiger partial charge in [0.05, 0.1) is 16.5 Å². The normalized spacial score (nSPS) is 15.1. The van der Waals surface area contributed by atoms with E-state index in [1.807, 2.05) is 17.5 Å². The summed E-state index contributed by atoms with van der Waals surface area (Å²) in [6.45, 7) is 3.78. The first-order valence-electron chi connectivity index (χ1n) is 9.58. The predicted molar refractivity (Wildman–Crippen MR) is 118 cm³/mol. The molecule has 0 bridgehead atoms. The van der Waals surface area contributed by atoms with E-state index >= 15 is 0 Å². The fraction of sp³-hybridized carbons (Fsp3) is 0.286. The Morgan fingerprint density at radius 1 is 1.24 bits per heavy atom. The standard InChI is InChI=1S/C21H20N4O2S2/c1-13-4-5-15-18(11-13)29-21(23-15)25-8-6-14(7-9-25)19(26)24-20-22-16(12-28-20)17-3-2-10-27-17/h2-5,10-12,14H,6-9H2,1H3,(H,22,24,26). The van der Waals surface area contributed by atoms with Crippen LogP contribution >= 0.6 is 22.7 Å². The number of furan rings is 1. The van der Waals surface area contributed by atoms with Crippen LogP contribution in [0.15, 0.2) is 46.4 Å². The molecule has 1 saturated heterocycles. The first-order valence-corrected chi connectivity index (χ1v) is 11.3. The molecule has 0 aliphatic carbocycles. The van der Waals surface area contributed by atoms with Crippen molar-refractivity contribution in [2.45, 2.75) is 19.8 Å². The molecule has 0 unspecified atom stereocenters. The zero-order valence-corrected chi connectivity index (χ0v) is 17.6. The molecule has 3 aromatic heterocycles. The van der Waals surface area contributed by atoms with Gasteiger partial charge in [0.2, 0.25) is 5.91 Å². The van der Waals surface area contributed by atoms with Gasteiger partial charge in [-0.25, -0.2) is 9.97 Å². The highest BCUT2D eigenvalue weighted by Gasteiger charge is 2.27. The van der Waals surface area contributed by atoms with Crippen molar-refractivity contribution in [1.29, 1.82) is 0 Å². The number of rotatable bonds is 4. The number of aryl methyl sites for hydroxylation is 1. The summed E-state index contributed by atoms with van der Waals surface area (Å²) in [5.41, 5.74) is 3.04. The maximum atomic E-state index is 12.7. The third-order valence-corrected chi connectivity index (χ3v) is 7.01. The highest BCUT2D eigenvalue weighted by atomic mass is 32.1. The molecular weight excluding hydrogens is 404 g/mol. The van der Waals surface area contributed by atoms with Crippen LogP contribution in [-0.2, 0) is 4.79 Å². The van der Waals surface area contributed by atoms with Crippen LogP contribution in [0.4, 0.5) is 10.3 Å². The van der Waals surface area contributed by atoms with Crippen LogP contribution in [0.1, 0.15) is 18.4 Å². The van der Waals surface area contributed by atoms with Crippen LogP contribution in [0, 0.1) is 12.8 Å². The molecule has 1 aromatic carbocycles. The Morgan fingerprint density at radius 3 is 2.90 bits per heavy atom.